The second kappa shape index (κ2) is 6.61. The molecule has 0 spiro atoms. The molecule has 0 fully saturated rings. The summed E-state index contributed by atoms with van der Waals surface area (Å²) in [4.78, 5) is 11.8. The minimum Gasteiger partial charge on any atom is -0.411 e. The van der Waals surface area contributed by atoms with E-state index in [1.54, 1.807) is 25.1 Å². The molecule has 2 aromatic heterocycles. The van der Waals surface area contributed by atoms with Gasteiger partial charge in [-0.1, -0.05) is 23.0 Å². The third-order valence-corrected chi connectivity index (χ3v) is 3.52. The Morgan fingerprint density at radius 3 is 2.96 bits per heavy atom. The van der Waals surface area contributed by atoms with Crippen LogP contribution in [0.25, 0.3) is 11.5 Å². The number of aromatic nitrogens is 3. The summed E-state index contributed by atoms with van der Waals surface area (Å²) in [6, 6.07) is 7.43. The lowest BCUT2D eigenvalue weighted by Crippen LogP contribution is -2.14. The molecule has 23 heavy (non-hydrogen) atoms. The van der Waals surface area contributed by atoms with Crippen LogP contribution in [-0.2, 0) is 4.79 Å². The van der Waals surface area contributed by atoms with E-state index in [1.165, 1.54) is 12.1 Å². The van der Waals surface area contributed by atoms with Crippen LogP contribution < -0.4 is 5.32 Å². The molecule has 0 saturated carbocycles. The second-order valence-corrected chi connectivity index (χ2v) is 5.47. The molecular weight excluding hydrogens is 323 g/mol. The summed E-state index contributed by atoms with van der Waals surface area (Å²) in [7, 11) is 0. The van der Waals surface area contributed by atoms with Gasteiger partial charge in [-0.05, 0) is 25.1 Å². The highest BCUT2D eigenvalue weighted by Crippen LogP contribution is 2.23. The van der Waals surface area contributed by atoms with Crippen molar-refractivity contribution in [1.82, 2.24) is 15.4 Å². The minimum atomic E-state index is -0.391. The van der Waals surface area contributed by atoms with Crippen LogP contribution >= 0.6 is 11.8 Å². The minimum absolute atomic E-state index is 0.0662. The molecule has 0 aliphatic rings. The number of benzene rings is 1. The molecule has 3 rings (SSSR count). The van der Waals surface area contributed by atoms with Gasteiger partial charge in [-0.25, -0.2) is 4.39 Å². The SMILES string of the molecule is Cc1cc(NC(=O)CSc2nnc(-c3cccc(F)c3)o2)no1. The number of thioether (sulfide) groups is 1. The van der Waals surface area contributed by atoms with E-state index in [-0.39, 0.29) is 22.8 Å². The van der Waals surface area contributed by atoms with Crippen molar-refractivity contribution in [3.8, 4) is 11.5 Å². The summed E-state index contributed by atoms with van der Waals surface area (Å²) < 4.78 is 23.4. The van der Waals surface area contributed by atoms with Gasteiger partial charge in [-0.3, -0.25) is 4.79 Å². The number of carbonyl (C=O) groups is 1. The zero-order chi connectivity index (χ0) is 16.2. The van der Waals surface area contributed by atoms with Crippen molar-refractivity contribution in [2.75, 3.05) is 11.1 Å². The number of anilines is 1. The Morgan fingerprint density at radius 2 is 2.22 bits per heavy atom. The first kappa shape index (κ1) is 15.2. The number of rotatable bonds is 5. The zero-order valence-corrected chi connectivity index (χ0v) is 12.8. The average molecular weight is 334 g/mol. The Hall–Kier alpha value is -2.68. The molecule has 0 aliphatic carbocycles. The predicted octanol–water partition coefficient (Wildman–Crippen LogP) is 2.90. The van der Waals surface area contributed by atoms with Crippen LogP contribution in [0.3, 0.4) is 0 Å². The fourth-order valence-corrected chi connectivity index (χ4v) is 2.30. The molecule has 1 aromatic carbocycles. The molecule has 3 aromatic rings. The van der Waals surface area contributed by atoms with Crippen molar-refractivity contribution in [2.24, 2.45) is 0 Å². The van der Waals surface area contributed by atoms with Crippen molar-refractivity contribution in [2.45, 2.75) is 12.1 Å². The van der Waals surface area contributed by atoms with Crippen LogP contribution in [0.5, 0.6) is 0 Å². The van der Waals surface area contributed by atoms with Crippen LogP contribution in [0, 0.1) is 12.7 Å². The number of nitrogens with zero attached hydrogens (tertiary/aromatic N) is 3. The summed E-state index contributed by atoms with van der Waals surface area (Å²) in [5, 5.41) is 14.1. The highest BCUT2D eigenvalue weighted by Gasteiger charge is 2.12. The molecule has 0 saturated heterocycles. The first-order valence-corrected chi connectivity index (χ1v) is 7.54. The number of hydrogen-bond donors (Lipinski definition) is 1. The van der Waals surface area contributed by atoms with E-state index in [0.717, 1.165) is 11.8 Å². The topological polar surface area (TPSA) is 94.1 Å². The lowest BCUT2D eigenvalue weighted by atomic mass is 10.2. The number of amides is 1. The van der Waals surface area contributed by atoms with Crippen LogP contribution in [0.2, 0.25) is 0 Å². The Kier molecular flexibility index (Phi) is 4.38. The largest absolute Gasteiger partial charge is 0.411 e. The lowest BCUT2D eigenvalue weighted by molar-refractivity contribution is -0.113. The Labute approximate surface area is 134 Å². The Balaban J connectivity index is 1.58. The van der Waals surface area contributed by atoms with E-state index in [4.69, 9.17) is 8.94 Å². The Bertz CT molecular complexity index is 833. The third-order valence-electron chi connectivity index (χ3n) is 2.70. The van der Waals surface area contributed by atoms with E-state index in [2.05, 4.69) is 20.7 Å². The molecular formula is C14H11FN4O3S. The number of nitrogens with one attached hydrogen (secondary N) is 1. The van der Waals surface area contributed by atoms with E-state index >= 15 is 0 Å². The first-order valence-electron chi connectivity index (χ1n) is 6.55. The molecule has 118 valence electrons. The van der Waals surface area contributed by atoms with Gasteiger partial charge >= 0.3 is 0 Å². The summed E-state index contributed by atoms with van der Waals surface area (Å²) in [6.07, 6.45) is 0. The van der Waals surface area contributed by atoms with Gasteiger partial charge in [-0.15, -0.1) is 10.2 Å². The van der Waals surface area contributed by atoms with Crippen molar-refractivity contribution >= 4 is 23.5 Å². The highest BCUT2D eigenvalue weighted by atomic mass is 32.2. The quantitative estimate of drug-likeness (QED) is 0.717. The van der Waals surface area contributed by atoms with Crippen LogP contribution in [0.1, 0.15) is 5.76 Å². The van der Waals surface area contributed by atoms with E-state index in [9.17, 15) is 9.18 Å². The maximum absolute atomic E-state index is 13.2. The summed E-state index contributed by atoms with van der Waals surface area (Å²) in [5.74, 6) is 0.533. The fourth-order valence-electron chi connectivity index (χ4n) is 1.74. The third kappa shape index (κ3) is 3.95. The van der Waals surface area contributed by atoms with Crippen LogP contribution in [0.15, 0.2) is 44.5 Å². The van der Waals surface area contributed by atoms with Gasteiger partial charge in [0.2, 0.25) is 11.8 Å². The first-order chi connectivity index (χ1) is 11.1. The zero-order valence-electron chi connectivity index (χ0n) is 11.9. The van der Waals surface area contributed by atoms with E-state index < -0.39 is 5.82 Å². The van der Waals surface area contributed by atoms with Gasteiger partial charge < -0.3 is 14.3 Å². The molecule has 0 bridgehead atoms. The van der Waals surface area contributed by atoms with Crippen molar-refractivity contribution in [3.05, 3.63) is 41.9 Å². The number of hydrogen-bond acceptors (Lipinski definition) is 7. The Morgan fingerprint density at radius 1 is 1.35 bits per heavy atom. The summed E-state index contributed by atoms with van der Waals surface area (Å²) >= 11 is 1.07. The summed E-state index contributed by atoms with van der Waals surface area (Å²) in [6.45, 7) is 1.73. The van der Waals surface area contributed by atoms with Crippen LogP contribution in [0.4, 0.5) is 10.2 Å². The number of carbonyl (C=O) groups excluding carboxylic acids is 1. The molecule has 0 atom stereocenters. The number of aryl methyl sites for hydroxylation is 1. The van der Waals surface area contributed by atoms with Gasteiger partial charge in [0.25, 0.3) is 5.22 Å². The average Bonchev–Trinajstić information content (AvgIpc) is 3.14. The second-order valence-electron chi connectivity index (χ2n) is 4.54. The fraction of sp³-hybridized carbons (Fsp3) is 0.143. The van der Waals surface area contributed by atoms with Crippen molar-refractivity contribution in [3.63, 3.8) is 0 Å². The lowest BCUT2D eigenvalue weighted by Gasteiger charge is -1.98. The molecule has 0 aliphatic heterocycles. The van der Waals surface area contributed by atoms with Gasteiger partial charge in [0.15, 0.2) is 5.82 Å². The number of halogens is 1. The highest BCUT2D eigenvalue weighted by molar-refractivity contribution is 7.99. The van der Waals surface area contributed by atoms with Gasteiger partial charge in [-0.2, -0.15) is 0 Å². The van der Waals surface area contributed by atoms with Crippen molar-refractivity contribution < 1.29 is 18.1 Å². The van der Waals surface area contributed by atoms with E-state index in [0.29, 0.717) is 17.1 Å². The standard InChI is InChI=1S/C14H11FN4O3S/c1-8-5-11(19-22-8)16-12(20)7-23-14-18-17-13(21-14)9-3-2-4-10(15)6-9/h2-6H,7H2,1H3,(H,16,19,20). The molecule has 1 N–H and O–H groups in total. The van der Waals surface area contributed by atoms with Gasteiger partial charge in [0.05, 0.1) is 5.75 Å². The molecule has 1 amide bonds. The molecule has 0 radical (unpaired) electrons. The predicted molar refractivity (Wildman–Crippen MR) is 80.3 cm³/mol. The maximum atomic E-state index is 13.2. The van der Waals surface area contributed by atoms with Crippen LogP contribution in [-0.4, -0.2) is 27.0 Å². The van der Waals surface area contributed by atoms with Gasteiger partial charge in [0.1, 0.15) is 11.6 Å². The van der Waals surface area contributed by atoms with Gasteiger partial charge in [0, 0.05) is 11.6 Å². The van der Waals surface area contributed by atoms with Crippen molar-refractivity contribution in [1.29, 1.82) is 0 Å². The normalized spacial score (nSPS) is 10.7. The van der Waals surface area contributed by atoms with E-state index in [1.807, 2.05) is 0 Å². The summed E-state index contributed by atoms with van der Waals surface area (Å²) in [5.41, 5.74) is 0.479. The monoisotopic (exact) mass is 334 g/mol. The smallest absolute Gasteiger partial charge is 0.277 e. The molecule has 7 nitrogen and oxygen atoms in total. The molecule has 0 unspecified atom stereocenters. The molecule has 9 heteroatoms. The maximum Gasteiger partial charge on any atom is 0.277 e. The molecule has 2 heterocycles.